The zero-order valence-electron chi connectivity index (χ0n) is 37.5. The number of ether oxygens (including phenoxy) is 4. The number of unbranched alkanes of at least 4 members (excludes halogenated alkanes) is 2. The van der Waals surface area contributed by atoms with Gasteiger partial charge in [0.05, 0.1) is 62.0 Å². The zero-order valence-corrected chi connectivity index (χ0v) is 37.5. The van der Waals surface area contributed by atoms with Gasteiger partial charge in [-0.15, -0.1) is 0 Å². The van der Waals surface area contributed by atoms with Gasteiger partial charge in [0.15, 0.2) is 11.5 Å². The van der Waals surface area contributed by atoms with Crippen LogP contribution in [0.3, 0.4) is 0 Å². The Labute approximate surface area is 388 Å². The van der Waals surface area contributed by atoms with E-state index in [0.717, 1.165) is 33.6 Å². The molecule has 15 heteroatoms. The molecule has 0 saturated carbocycles. The highest BCUT2D eigenvalue weighted by atomic mass is 16.5. The Morgan fingerprint density at radius 1 is 0.657 bits per heavy atom. The van der Waals surface area contributed by atoms with E-state index in [1.165, 1.54) is 24.2 Å². The van der Waals surface area contributed by atoms with Crippen molar-refractivity contribution in [2.75, 3.05) is 39.3 Å². The molecule has 0 aliphatic carbocycles. The van der Waals surface area contributed by atoms with Gasteiger partial charge in [-0.2, -0.15) is 0 Å². The Kier molecular flexibility index (Phi) is 12.8. The number of benzene rings is 4. The van der Waals surface area contributed by atoms with Crippen molar-refractivity contribution in [3.05, 3.63) is 125 Å². The molecule has 1 N–H and O–H groups in total. The lowest BCUT2D eigenvalue weighted by Gasteiger charge is -2.19. The van der Waals surface area contributed by atoms with Crippen LogP contribution >= 0.6 is 0 Å². The molecule has 15 nitrogen and oxygen atoms in total. The van der Waals surface area contributed by atoms with Gasteiger partial charge in [-0.1, -0.05) is 30.7 Å². The van der Waals surface area contributed by atoms with E-state index in [4.69, 9.17) is 28.9 Å². The minimum Gasteiger partial charge on any atom is -0.497 e. The number of hydrogen-bond acceptors (Lipinski definition) is 11. The molecule has 2 atom stereocenters. The lowest BCUT2D eigenvalue weighted by molar-refractivity contribution is -0.136. The molecule has 0 bridgehead atoms. The molecule has 0 fully saturated rings. The molecule has 342 valence electrons. The number of amides is 5. The van der Waals surface area contributed by atoms with Crippen LogP contribution < -0.4 is 24.3 Å². The fraction of sp³-hybridized carbons (Fsp3) is 0.288. The first-order valence-corrected chi connectivity index (χ1v) is 22.4. The maximum atomic E-state index is 14.0. The first-order valence-electron chi connectivity index (χ1n) is 22.4. The van der Waals surface area contributed by atoms with Crippen LogP contribution in [0.1, 0.15) is 82.4 Å². The van der Waals surface area contributed by atoms with Gasteiger partial charge in [-0.05, 0) is 84.0 Å². The molecule has 5 heterocycles. The smallest absolute Gasteiger partial charge is 0.260 e. The Bertz CT molecular complexity index is 2770. The molecule has 0 saturated heterocycles. The normalized spacial score (nSPS) is 17.9. The van der Waals surface area contributed by atoms with Gasteiger partial charge >= 0.3 is 0 Å². The molecular formula is C52H50N6O9. The van der Waals surface area contributed by atoms with Crippen molar-refractivity contribution in [2.45, 2.75) is 64.0 Å². The minimum absolute atomic E-state index is 0.104. The maximum absolute atomic E-state index is 14.0. The standard InChI is InChI=1S/C52H50N6O9/c1-32-22-41-43(53-28-38-24-36(31-57(38)51(41)62)34-11-15-40(64-2)16-12-34)26-45(32)66-20-7-21-67-47-27-44-42(25-46(47)65-3)52(63)58-30-35(23-39(58)29-54-44)33-9-13-37(14-10-33)55-48(59)8-5-4-6-19-56-49(60)17-18-50(56)61/h9-18,22,25-31,38-39H,4-8,19-21,23-24H2,1-3H3,(H,55,59)/t38-,39-/m0/s1. The molecule has 0 unspecified atom stereocenters. The summed E-state index contributed by atoms with van der Waals surface area (Å²) in [6, 6.07) is 21.9. The highest BCUT2D eigenvalue weighted by molar-refractivity contribution is 6.13. The van der Waals surface area contributed by atoms with Crippen LogP contribution in [0.2, 0.25) is 0 Å². The lowest BCUT2D eigenvalue weighted by atomic mass is 10.0. The highest BCUT2D eigenvalue weighted by Gasteiger charge is 2.35. The van der Waals surface area contributed by atoms with Gasteiger partial charge in [0.1, 0.15) is 11.5 Å². The number of carbonyl (C=O) groups excluding carboxylic acids is 5. The molecule has 67 heavy (non-hydrogen) atoms. The van der Waals surface area contributed by atoms with E-state index in [9.17, 15) is 24.0 Å². The maximum Gasteiger partial charge on any atom is 0.260 e. The summed E-state index contributed by atoms with van der Waals surface area (Å²) in [5.41, 5.74) is 7.45. The van der Waals surface area contributed by atoms with Crippen LogP contribution in [-0.2, 0) is 14.4 Å². The molecule has 0 aromatic heterocycles. The summed E-state index contributed by atoms with van der Waals surface area (Å²) in [5.74, 6) is 1.28. The number of hydrogen-bond donors (Lipinski definition) is 1. The van der Waals surface area contributed by atoms with E-state index >= 15 is 0 Å². The molecule has 9 rings (SSSR count). The molecule has 4 aromatic rings. The lowest BCUT2D eigenvalue weighted by Crippen LogP contribution is -2.32. The fourth-order valence-corrected chi connectivity index (χ4v) is 8.76. The number of methoxy groups -OCH3 is 2. The topological polar surface area (TPSA) is 169 Å². The van der Waals surface area contributed by atoms with E-state index in [1.54, 1.807) is 35.3 Å². The molecule has 5 amide bonds. The van der Waals surface area contributed by atoms with Crippen molar-refractivity contribution in [2.24, 2.45) is 9.98 Å². The highest BCUT2D eigenvalue weighted by Crippen LogP contribution is 2.41. The fourth-order valence-electron chi connectivity index (χ4n) is 8.76. The Morgan fingerprint density at radius 3 is 1.82 bits per heavy atom. The van der Waals surface area contributed by atoms with E-state index in [2.05, 4.69) is 5.32 Å². The SMILES string of the molecule is COc1ccc(C2=CN3C(=O)c4cc(C)c(OCCCOc5cc6c(cc5OC)C(=O)N5C=C(c7ccc(NC(=O)CCCCCN8C(=O)C=CC8=O)cc7)C[C@H]5C=N6)cc4N=C[C@@H]3C2)cc1. The third-order valence-electron chi connectivity index (χ3n) is 12.4. The molecule has 5 aliphatic rings. The van der Waals surface area contributed by atoms with Gasteiger partial charge < -0.3 is 34.1 Å². The van der Waals surface area contributed by atoms with Gasteiger partial charge in [-0.25, -0.2) is 0 Å². The van der Waals surface area contributed by atoms with E-state index in [0.29, 0.717) is 110 Å². The first kappa shape index (κ1) is 44.4. The van der Waals surface area contributed by atoms with Crippen molar-refractivity contribution in [1.29, 1.82) is 0 Å². The molecule has 0 radical (unpaired) electrons. The summed E-state index contributed by atoms with van der Waals surface area (Å²) in [4.78, 5) is 77.8. The molecular weight excluding hydrogens is 853 g/mol. The van der Waals surface area contributed by atoms with Crippen molar-refractivity contribution < 1.29 is 42.9 Å². The summed E-state index contributed by atoms with van der Waals surface area (Å²) in [6.07, 6.45) is 14.0. The summed E-state index contributed by atoms with van der Waals surface area (Å²) in [5, 5.41) is 2.93. The number of aryl methyl sites for hydroxylation is 1. The average molecular weight is 903 g/mol. The number of nitrogens with one attached hydrogen (secondary N) is 1. The third kappa shape index (κ3) is 9.48. The minimum atomic E-state index is -0.292. The summed E-state index contributed by atoms with van der Waals surface area (Å²) in [6.45, 7) is 2.92. The zero-order chi connectivity index (χ0) is 46.6. The monoisotopic (exact) mass is 902 g/mol. The summed E-state index contributed by atoms with van der Waals surface area (Å²) >= 11 is 0. The number of fused-ring (bicyclic) bond motifs is 4. The number of nitrogens with zero attached hydrogens (tertiary/aromatic N) is 5. The van der Waals surface area contributed by atoms with Gasteiger partial charge in [0.2, 0.25) is 5.91 Å². The predicted octanol–water partition coefficient (Wildman–Crippen LogP) is 8.23. The Hall–Kier alpha value is -7.81. The van der Waals surface area contributed by atoms with Crippen LogP contribution in [0.15, 0.2) is 107 Å². The summed E-state index contributed by atoms with van der Waals surface area (Å²) < 4.78 is 23.3. The first-order chi connectivity index (χ1) is 32.6. The molecule has 5 aliphatic heterocycles. The van der Waals surface area contributed by atoms with E-state index in [-0.39, 0.29) is 41.6 Å². The number of carbonyl (C=O) groups is 5. The van der Waals surface area contributed by atoms with Crippen LogP contribution in [-0.4, -0.2) is 103 Å². The van der Waals surface area contributed by atoms with Crippen molar-refractivity contribution in [3.63, 3.8) is 0 Å². The van der Waals surface area contributed by atoms with Gasteiger partial charge in [-0.3, -0.25) is 38.9 Å². The van der Waals surface area contributed by atoms with Crippen molar-refractivity contribution in [3.8, 4) is 23.0 Å². The Balaban J connectivity index is 0.757. The largest absolute Gasteiger partial charge is 0.497 e. The van der Waals surface area contributed by atoms with Crippen LogP contribution in [0.25, 0.3) is 11.1 Å². The predicted molar refractivity (Wildman–Crippen MR) is 254 cm³/mol. The third-order valence-corrected chi connectivity index (χ3v) is 12.4. The second-order valence-corrected chi connectivity index (χ2v) is 16.9. The summed E-state index contributed by atoms with van der Waals surface area (Å²) in [7, 11) is 3.17. The van der Waals surface area contributed by atoms with Crippen molar-refractivity contribution >= 4 is 70.2 Å². The van der Waals surface area contributed by atoms with E-state index in [1.807, 2.05) is 86.2 Å². The number of rotatable bonds is 17. The molecule has 4 aromatic carbocycles. The molecule has 0 spiro atoms. The van der Waals surface area contributed by atoms with Crippen LogP contribution in [0, 0.1) is 6.92 Å². The second kappa shape index (κ2) is 19.3. The van der Waals surface area contributed by atoms with Gasteiger partial charge in [0, 0.05) is 87.0 Å². The van der Waals surface area contributed by atoms with E-state index < -0.39 is 0 Å². The van der Waals surface area contributed by atoms with Crippen molar-refractivity contribution in [1.82, 2.24) is 14.7 Å². The number of aliphatic imine (C=N–C) groups is 2. The average Bonchev–Trinajstić information content (AvgIpc) is 4.02. The van der Waals surface area contributed by atoms with Crippen LogP contribution in [0.4, 0.5) is 17.1 Å². The quantitative estimate of drug-likeness (QED) is 0.0811. The second-order valence-electron chi connectivity index (χ2n) is 16.9. The van der Waals surface area contributed by atoms with Gasteiger partial charge in [0.25, 0.3) is 23.6 Å². The Morgan fingerprint density at radius 2 is 1.22 bits per heavy atom. The number of imide groups is 1. The van der Waals surface area contributed by atoms with Crippen LogP contribution in [0.5, 0.6) is 23.0 Å². The number of anilines is 1.